The Morgan fingerprint density at radius 2 is 2.00 bits per heavy atom. The van der Waals surface area contributed by atoms with Crippen molar-refractivity contribution >= 4 is 5.82 Å². The van der Waals surface area contributed by atoms with Gasteiger partial charge in [0.05, 0.1) is 6.20 Å². The maximum absolute atomic E-state index is 5.25. The molecule has 5 heteroatoms. The maximum Gasteiger partial charge on any atom is 0.123 e. The molecule has 0 atom stereocenters. The number of aromatic nitrogens is 3. The fourth-order valence-electron chi connectivity index (χ4n) is 0.787. The summed E-state index contributed by atoms with van der Waals surface area (Å²) in [6, 6.07) is 5.43. The fourth-order valence-corrected chi connectivity index (χ4v) is 0.787. The maximum atomic E-state index is 5.25. The minimum absolute atomic E-state index is 0. The third-order valence-corrected chi connectivity index (χ3v) is 1.77. The molecule has 0 aliphatic heterocycles. The van der Waals surface area contributed by atoms with Crippen molar-refractivity contribution in [2.75, 3.05) is 5.73 Å². The Morgan fingerprint density at radius 3 is 2.20 bits per heavy atom. The van der Waals surface area contributed by atoms with E-state index in [1.54, 1.807) is 12.3 Å². The van der Waals surface area contributed by atoms with Gasteiger partial charge in [-0.2, -0.15) is 5.10 Å². The number of aromatic amines is 1. The fraction of sp³-hybridized carbons (Fsp3) is 0.200. The van der Waals surface area contributed by atoms with Crippen LogP contribution in [0.3, 0.4) is 0 Å². The van der Waals surface area contributed by atoms with Crippen molar-refractivity contribution in [1.82, 2.24) is 15.2 Å². The van der Waals surface area contributed by atoms with E-state index in [0.717, 1.165) is 5.69 Å². The Labute approximate surface area is 108 Å². The van der Waals surface area contributed by atoms with E-state index >= 15 is 0 Å². The average molecular weight is 369 g/mol. The van der Waals surface area contributed by atoms with Crippen LogP contribution in [0, 0.1) is 13.8 Å². The van der Waals surface area contributed by atoms with Gasteiger partial charge in [-0.15, -0.1) is 0 Å². The zero-order valence-electron chi connectivity index (χ0n) is 8.86. The van der Waals surface area contributed by atoms with Crippen molar-refractivity contribution < 1.29 is 25.8 Å². The number of hydrogen-bond acceptors (Lipinski definition) is 3. The predicted molar refractivity (Wildman–Crippen MR) is 56.7 cm³/mol. The van der Waals surface area contributed by atoms with Gasteiger partial charge in [-0.25, -0.2) is 4.98 Å². The SMILES string of the molecule is Cc1cn[nH]c1C.Nc1ccccn1.[Hf]. The Morgan fingerprint density at radius 1 is 1.27 bits per heavy atom. The Bertz CT molecular complexity index is 355. The smallest absolute Gasteiger partial charge is 0.123 e. The van der Waals surface area contributed by atoms with Gasteiger partial charge in [0.2, 0.25) is 0 Å². The molecule has 2 aromatic rings. The van der Waals surface area contributed by atoms with Crippen LogP contribution in [-0.4, -0.2) is 15.2 Å². The first kappa shape index (κ1) is 14.0. The largest absolute Gasteiger partial charge is 0.384 e. The van der Waals surface area contributed by atoms with E-state index in [2.05, 4.69) is 15.2 Å². The molecule has 0 aliphatic carbocycles. The van der Waals surface area contributed by atoms with E-state index in [9.17, 15) is 0 Å². The number of anilines is 1. The van der Waals surface area contributed by atoms with Gasteiger partial charge in [-0.3, -0.25) is 5.10 Å². The zero-order chi connectivity index (χ0) is 10.4. The number of pyridine rings is 1. The molecule has 0 aliphatic rings. The van der Waals surface area contributed by atoms with Crippen LogP contribution >= 0.6 is 0 Å². The average Bonchev–Trinajstić information content (AvgIpc) is 2.53. The minimum atomic E-state index is 0. The van der Waals surface area contributed by atoms with Crippen LogP contribution in [0.25, 0.3) is 0 Å². The standard InChI is InChI=1S/C5H8N2.C5H6N2.Hf/c1-4-3-6-7-5(4)2;6-5-3-1-2-4-7-5;/h3H,1-2H3,(H,6,7);1-4H,(H2,6,7);. The summed E-state index contributed by atoms with van der Waals surface area (Å²) in [7, 11) is 0. The summed E-state index contributed by atoms with van der Waals surface area (Å²) in [4.78, 5) is 3.76. The molecule has 15 heavy (non-hydrogen) atoms. The van der Waals surface area contributed by atoms with Crippen LogP contribution in [0.15, 0.2) is 30.6 Å². The summed E-state index contributed by atoms with van der Waals surface area (Å²) >= 11 is 0. The van der Waals surface area contributed by atoms with Crippen molar-refractivity contribution in [3.63, 3.8) is 0 Å². The number of nitrogens with two attached hydrogens (primary N) is 1. The van der Waals surface area contributed by atoms with Crippen molar-refractivity contribution in [2.45, 2.75) is 13.8 Å². The van der Waals surface area contributed by atoms with Gasteiger partial charge >= 0.3 is 0 Å². The first-order valence-corrected chi connectivity index (χ1v) is 4.33. The van der Waals surface area contributed by atoms with Crippen LogP contribution in [-0.2, 0) is 25.8 Å². The molecular formula is C10H14HfN4. The molecule has 78 valence electrons. The molecule has 0 radical (unpaired) electrons. The summed E-state index contributed by atoms with van der Waals surface area (Å²) in [5.74, 6) is 0.572. The number of nitrogens with zero attached hydrogens (tertiary/aromatic N) is 2. The first-order valence-electron chi connectivity index (χ1n) is 4.33. The quantitative estimate of drug-likeness (QED) is 0.695. The number of nitrogen functional groups attached to an aromatic ring is 1. The molecule has 0 aromatic carbocycles. The van der Waals surface area contributed by atoms with E-state index in [1.807, 2.05) is 32.2 Å². The van der Waals surface area contributed by atoms with Crippen molar-refractivity contribution in [2.24, 2.45) is 0 Å². The number of hydrogen-bond donors (Lipinski definition) is 2. The molecule has 3 N–H and O–H groups in total. The van der Waals surface area contributed by atoms with E-state index in [1.165, 1.54) is 5.56 Å². The Hall–Kier alpha value is -0.970. The Kier molecular flexibility index (Phi) is 6.86. The van der Waals surface area contributed by atoms with Gasteiger partial charge < -0.3 is 5.73 Å². The molecule has 0 bridgehead atoms. The van der Waals surface area contributed by atoms with Gasteiger partial charge in [-0.05, 0) is 31.5 Å². The number of rotatable bonds is 0. The zero-order valence-corrected chi connectivity index (χ0v) is 12.5. The third-order valence-electron chi connectivity index (χ3n) is 1.77. The van der Waals surface area contributed by atoms with Crippen LogP contribution in [0.5, 0.6) is 0 Å². The van der Waals surface area contributed by atoms with Crippen LogP contribution in [0.1, 0.15) is 11.3 Å². The molecule has 0 amide bonds. The molecule has 0 unspecified atom stereocenters. The van der Waals surface area contributed by atoms with E-state index in [0.29, 0.717) is 5.82 Å². The summed E-state index contributed by atoms with van der Waals surface area (Å²) < 4.78 is 0. The second kappa shape index (κ2) is 7.34. The summed E-state index contributed by atoms with van der Waals surface area (Å²) in [5, 5.41) is 6.61. The number of aryl methyl sites for hydroxylation is 2. The minimum Gasteiger partial charge on any atom is -0.384 e. The molecule has 0 saturated heterocycles. The monoisotopic (exact) mass is 370 g/mol. The predicted octanol–water partition coefficient (Wildman–Crippen LogP) is 1.69. The van der Waals surface area contributed by atoms with Gasteiger partial charge in [-0.1, -0.05) is 6.07 Å². The van der Waals surface area contributed by atoms with Crippen LogP contribution < -0.4 is 5.73 Å². The molecular weight excluding hydrogens is 355 g/mol. The molecule has 0 saturated carbocycles. The summed E-state index contributed by atoms with van der Waals surface area (Å²) in [6.45, 7) is 4.03. The molecule has 0 fully saturated rings. The van der Waals surface area contributed by atoms with Gasteiger partial charge in [0.1, 0.15) is 5.82 Å². The number of H-pyrrole nitrogens is 1. The van der Waals surface area contributed by atoms with E-state index < -0.39 is 0 Å². The molecule has 2 heterocycles. The van der Waals surface area contributed by atoms with Crippen molar-refractivity contribution in [1.29, 1.82) is 0 Å². The third kappa shape index (κ3) is 5.47. The second-order valence-electron chi connectivity index (χ2n) is 2.93. The van der Waals surface area contributed by atoms with E-state index in [4.69, 9.17) is 5.73 Å². The van der Waals surface area contributed by atoms with Crippen LogP contribution in [0.2, 0.25) is 0 Å². The first-order chi connectivity index (χ1) is 6.70. The van der Waals surface area contributed by atoms with Crippen LogP contribution in [0.4, 0.5) is 5.82 Å². The van der Waals surface area contributed by atoms with Gasteiger partial charge in [0, 0.05) is 37.7 Å². The van der Waals surface area contributed by atoms with Crippen molar-refractivity contribution in [3.8, 4) is 0 Å². The summed E-state index contributed by atoms with van der Waals surface area (Å²) in [6.07, 6.45) is 3.48. The Balaban J connectivity index is 0.000000245. The van der Waals surface area contributed by atoms with Gasteiger partial charge in [0.25, 0.3) is 0 Å². The molecule has 0 spiro atoms. The number of nitrogens with one attached hydrogen (secondary N) is 1. The second-order valence-corrected chi connectivity index (χ2v) is 2.93. The van der Waals surface area contributed by atoms with Crippen molar-refractivity contribution in [3.05, 3.63) is 41.9 Å². The molecule has 4 nitrogen and oxygen atoms in total. The normalized spacial score (nSPS) is 8.40. The summed E-state index contributed by atoms with van der Waals surface area (Å²) in [5.41, 5.74) is 7.62. The molecule has 2 rings (SSSR count). The van der Waals surface area contributed by atoms with E-state index in [-0.39, 0.29) is 25.8 Å². The van der Waals surface area contributed by atoms with Gasteiger partial charge in [0.15, 0.2) is 0 Å². The topological polar surface area (TPSA) is 67.6 Å². The molecule has 2 aromatic heterocycles.